The number of furan rings is 1. The summed E-state index contributed by atoms with van der Waals surface area (Å²) in [5.74, 6) is 1.02. The standard InChI is InChI=1S/C21H21N3O4S/c25-18-19(26)24(21-7-12-4-13(8-21)6-14(5-12)9-21)20(27)23(18)10-15-11-29-17(22-15)16-2-1-3-28-16/h1-3,11-14H,4-10H2. The van der Waals surface area contributed by atoms with Crippen LogP contribution in [0.15, 0.2) is 28.2 Å². The summed E-state index contributed by atoms with van der Waals surface area (Å²) in [6.45, 7) is 0.0173. The third kappa shape index (κ3) is 2.54. The highest BCUT2D eigenvalue weighted by Crippen LogP contribution is 2.58. The molecular formula is C21H21N3O4S. The maximum absolute atomic E-state index is 13.2. The molecule has 2 aromatic heterocycles. The van der Waals surface area contributed by atoms with E-state index in [1.807, 2.05) is 6.07 Å². The molecule has 3 heterocycles. The number of urea groups is 1. The fourth-order valence-electron chi connectivity index (χ4n) is 6.46. The van der Waals surface area contributed by atoms with Crippen LogP contribution in [0.5, 0.6) is 0 Å². The lowest BCUT2D eigenvalue weighted by atomic mass is 9.52. The van der Waals surface area contributed by atoms with E-state index in [4.69, 9.17) is 4.42 Å². The lowest BCUT2D eigenvalue weighted by Crippen LogP contribution is -2.61. The Balaban J connectivity index is 1.27. The summed E-state index contributed by atoms with van der Waals surface area (Å²) in [6.07, 6.45) is 7.78. The van der Waals surface area contributed by atoms with E-state index in [0.717, 1.165) is 24.2 Å². The summed E-state index contributed by atoms with van der Waals surface area (Å²) in [7, 11) is 0. The number of nitrogens with zero attached hydrogens (tertiary/aromatic N) is 3. The Morgan fingerprint density at radius 3 is 2.38 bits per heavy atom. The van der Waals surface area contributed by atoms with Gasteiger partial charge in [0.15, 0.2) is 10.8 Å². The first-order chi connectivity index (χ1) is 14.0. The molecule has 5 aliphatic rings. The molecule has 0 atom stereocenters. The minimum atomic E-state index is -0.724. The molecule has 0 radical (unpaired) electrons. The highest BCUT2D eigenvalue weighted by atomic mass is 32.1. The van der Waals surface area contributed by atoms with Gasteiger partial charge < -0.3 is 4.42 Å². The molecule has 4 bridgehead atoms. The van der Waals surface area contributed by atoms with Crippen molar-refractivity contribution in [2.75, 3.05) is 0 Å². The van der Waals surface area contributed by atoms with Crippen molar-refractivity contribution in [3.05, 3.63) is 29.5 Å². The molecule has 5 fully saturated rings. The predicted molar refractivity (Wildman–Crippen MR) is 104 cm³/mol. The molecule has 7 rings (SSSR count). The third-order valence-corrected chi connectivity index (χ3v) is 8.04. The molecule has 0 unspecified atom stereocenters. The topological polar surface area (TPSA) is 83.7 Å². The van der Waals surface area contributed by atoms with E-state index in [1.54, 1.807) is 17.7 Å². The molecule has 2 aromatic rings. The van der Waals surface area contributed by atoms with Crippen molar-refractivity contribution in [3.8, 4) is 10.8 Å². The number of rotatable bonds is 4. The molecule has 0 N–H and O–H groups in total. The van der Waals surface area contributed by atoms with Crippen LogP contribution in [0, 0.1) is 17.8 Å². The highest BCUT2D eigenvalue weighted by Gasteiger charge is 2.61. The van der Waals surface area contributed by atoms with Gasteiger partial charge in [-0.2, -0.15) is 0 Å². The number of amides is 4. The quantitative estimate of drug-likeness (QED) is 0.566. The normalized spacial score (nSPS) is 33.4. The van der Waals surface area contributed by atoms with Gasteiger partial charge in [0.2, 0.25) is 0 Å². The summed E-state index contributed by atoms with van der Waals surface area (Å²) < 4.78 is 5.36. The second-order valence-electron chi connectivity index (χ2n) is 9.08. The van der Waals surface area contributed by atoms with E-state index >= 15 is 0 Å². The first kappa shape index (κ1) is 17.4. The van der Waals surface area contributed by atoms with Gasteiger partial charge in [0, 0.05) is 5.38 Å². The maximum Gasteiger partial charge on any atom is 0.335 e. The van der Waals surface area contributed by atoms with E-state index < -0.39 is 23.4 Å². The van der Waals surface area contributed by atoms with Crippen LogP contribution in [0.4, 0.5) is 4.79 Å². The number of imide groups is 2. The van der Waals surface area contributed by atoms with Crippen molar-refractivity contribution >= 4 is 29.2 Å². The van der Waals surface area contributed by atoms with E-state index in [0.29, 0.717) is 34.2 Å². The summed E-state index contributed by atoms with van der Waals surface area (Å²) >= 11 is 1.39. The van der Waals surface area contributed by atoms with Gasteiger partial charge in [0.05, 0.1) is 24.0 Å². The molecule has 150 valence electrons. The molecule has 8 heteroatoms. The van der Waals surface area contributed by atoms with Gasteiger partial charge in [-0.15, -0.1) is 11.3 Å². The molecular weight excluding hydrogens is 390 g/mol. The number of hydrogen-bond donors (Lipinski definition) is 0. The van der Waals surface area contributed by atoms with E-state index in [-0.39, 0.29) is 6.54 Å². The Morgan fingerprint density at radius 1 is 1.07 bits per heavy atom. The van der Waals surface area contributed by atoms with E-state index in [2.05, 4.69) is 4.98 Å². The SMILES string of the molecule is O=C1C(=O)N(C23CC4CC(CC(C4)C2)C3)C(=O)N1Cc1csc(-c2ccco2)n1. The third-order valence-electron chi connectivity index (χ3n) is 7.14. The average Bonchev–Trinajstić information content (AvgIpc) is 3.39. The zero-order chi connectivity index (χ0) is 19.8. The molecule has 4 aliphatic carbocycles. The van der Waals surface area contributed by atoms with E-state index in [1.165, 1.54) is 35.5 Å². The number of hydrogen-bond acceptors (Lipinski definition) is 6. The first-order valence-corrected chi connectivity index (χ1v) is 11.1. The van der Waals surface area contributed by atoms with Crippen molar-refractivity contribution in [1.82, 2.24) is 14.8 Å². The van der Waals surface area contributed by atoms with Crippen LogP contribution >= 0.6 is 11.3 Å². The van der Waals surface area contributed by atoms with Gasteiger partial charge in [-0.05, 0) is 68.4 Å². The van der Waals surface area contributed by atoms with Crippen LogP contribution in [0.2, 0.25) is 0 Å². The van der Waals surface area contributed by atoms with Crippen LogP contribution < -0.4 is 0 Å². The monoisotopic (exact) mass is 411 g/mol. The molecule has 7 nitrogen and oxygen atoms in total. The van der Waals surface area contributed by atoms with Gasteiger partial charge in [-0.1, -0.05) is 0 Å². The lowest BCUT2D eigenvalue weighted by Gasteiger charge is -2.58. The highest BCUT2D eigenvalue weighted by molar-refractivity contribution is 7.13. The van der Waals surface area contributed by atoms with Crippen molar-refractivity contribution in [2.24, 2.45) is 17.8 Å². The van der Waals surface area contributed by atoms with Gasteiger partial charge in [0.1, 0.15) is 0 Å². The molecule has 0 aromatic carbocycles. The molecule has 1 aliphatic heterocycles. The zero-order valence-electron chi connectivity index (χ0n) is 15.9. The number of aromatic nitrogens is 1. The lowest BCUT2D eigenvalue weighted by molar-refractivity contribution is -0.150. The van der Waals surface area contributed by atoms with Crippen molar-refractivity contribution in [2.45, 2.75) is 50.6 Å². The fraction of sp³-hybridized carbons (Fsp3) is 0.524. The Kier molecular flexibility index (Phi) is 3.60. The largest absolute Gasteiger partial charge is 0.462 e. The minimum absolute atomic E-state index is 0.0173. The van der Waals surface area contributed by atoms with Crippen LogP contribution in [0.3, 0.4) is 0 Å². The van der Waals surface area contributed by atoms with Crippen LogP contribution in [0.1, 0.15) is 44.2 Å². The van der Waals surface area contributed by atoms with Crippen LogP contribution in [-0.4, -0.2) is 38.2 Å². The Labute approximate surface area is 171 Å². The second kappa shape index (κ2) is 6.01. The number of thiazole rings is 1. The molecule has 4 amide bonds. The Morgan fingerprint density at radius 2 is 1.76 bits per heavy atom. The Bertz CT molecular complexity index is 976. The fourth-order valence-corrected chi connectivity index (χ4v) is 7.23. The van der Waals surface area contributed by atoms with Gasteiger partial charge in [-0.25, -0.2) is 19.6 Å². The maximum atomic E-state index is 13.2. The van der Waals surface area contributed by atoms with Gasteiger partial charge in [0.25, 0.3) is 0 Å². The summed E-state index contributed by atoms with van der Waals surface area (Å²) in [4.78, 5) is 45.8. The molecule has 0 spiro atoms. The van der Waals surface area contributed by atoms with Crippen molar-refractivity contribution < 1.29 is 18.8 Å². The van der Waals surface area contributed by atoms with Crippen LogP contribution in [-0.2, 0) is 16.1 Å². The predicted octanol–water partition coefficient (Wildman–Crippen LogP) is 3.66. The number of carbonyl (C=O) groups is 3. The first-order valence-electron chi connectivity index (χ1n) is 10.2. The van der Waals surface area contributed by atoms with Crippen molar-refractivity contribution in [1.29, 1.82) is 0 Å². The van der Waals surface area contributed by atoms with Crippen molar-refractivity contribution in [3.63, 3.8) is 0 Å². The van der Waals surface area contributed by atoms with E-state index in [9.17, 15) is 14.4 Å². The number of carbonyl (C=O) groups excluding carboxylic acids is 3. The Hall–Kier alpha value is -2.48. The second-order valence-corrected chi connectivity index (χ2v) is 9.94. The van der Waals surface area contributed by atoms with Gasteiger partial charge in [-0.3, -0.25) is 9.59 Å². The van der Waals surface area contributed by atoms with Crippen LogP contribution in [0.25, 0.3) is 10.8 Å². The zero-order valence-corrected chi connectivity index (χ0v) is 16.7. The van der Waals surface area contributed by atoms with Gasteiger partial charge >= 0.3 is 17.8 Å². The molecule has 29 heavy (non-hydrogen) atoms. The molecule has 1 saturated heterocycles. The minimum Gasteiger partial charge on any atom is -0.462 e. The summed E-state index contributed by atoms with van der Waals surface area (Å²) in [5, 5.41) is 2.49. The smallest absolute Gasteiger partial charge is 0.335 e. The average molecular weight is 411 g/mol. The molecule has 4 saturated carbocycles. The summed E-state index contributed by atoms with van der Waals surface area (Å²) in [6, 6.07) is 3.13. The summed E-state index contributed by atoms with van der Waals surface area (Å²) in [5.41, 5.74) is 0.137.